The van der Waals surface area contributed by atoms with Crippen molar-refractivity contribution in [3.63, 3.8) is 0 Å². The molecule has 0 spiro atoms. The molecule has 1 rings (SSSR count). The Bertz CT molecular complexity index is 340. The Labute approximate surface area is 80.0 Å². The van der Waals surface area contributed by atoms with Crippen molar-refractivity contribution >= 4 is 13.6 Å². The lowest BCUT2D eigenvalue weighted by Gasteiger charge is -2.09. The smallest absolute Gasteiger partial charge is 0.222 e. The van der Waals surface area contributed by atoms with Gasteiger partial charge in [0.2, 0.25) is 11.6 Å². The molecule has 3 nitrogen and oxygen atoms in total. The summed E-state index contributed by atoms with van der Waals surface area (Å²) in [7, 11) is 4.69. The van der Waals surface area contributed by atoms with Gasteiger partial charge >= 0.3 is 12.4 Å². The molecular formula is C5BF6N3. The van der Waals surface area contributed by atoms with Crippen LogP contribution in [0.2, 0.25) is 0 Å². The summed E-state index contributed by atoms with van der Waals surface area (Å²) in [5.74, 6) is -3.94. The van der Waals surface area contributed by atoms with E-state index in [0.29, 0.717) is 0 Å². The van der Waals surface area contributed by atoms with Crippen LogP contribution < -0.4 is 5.72 Å². The summed E-state index contributed by atoms with van der Waals surface area (Å²) in [6.07, 6.45) is -10.2. The van der Waals surface area contributed by atoms with Crippen molar-refractivity contribution in [3.05, 3.63) is 11.6 Å². The van der Waals surface area contributed by atoms with E-state index in [1.807, 2.05) is 0 Å². The minimum atomic E-state index is -5.10. The highest BCUT2D eigenvalue weighted by molar-refractivity contribution is 6.28. The highest BCUT2D eigenvalue weighted by Crippen LogP contribution is 2.29. The van der Waals surface area contributed by atoms with Gasteiger partial charge in [0.1, 0.15) is 0 Å². The van der Waals surface area contributed by atoms with Crippen LogP contribution in [-0.4, -0.2) is 22.8 Å². The van der Waals surface area contributed by atoms with Crippen molar-refractivity contribution < 1.29 is 26.3 Å². The van der Waals surface area contributed by atoms with E-state index in [4.69, 9.17) is 7.85 Å². The maximum absolute atomic E-state index is 12.0. The number of hydrogen-bond acceptors (Lipinski definition) is 3. The first kappa shape index (κ1) is 11.7. The predicted octanol–water partition coefficient (Wildman–Crippen LogP) is 0.703. The van der Waals surface area contributed by atoms with Crippen LogP contribution in [0, 0.1) is 0 Å². The molecule has 0 fully saturated rings. The molecule has 1 aromatic rings. The Hall–Kier alpha value is -1.35. The standard InChI is InChI=1S/C5BF6N3/c6-3-14-1(4(7,8)9)13-2(15-3)5(10,11)12. The summed E-state index contributed by atoms with van der Waals surface area (Å²) < 4.78 is 71.8. The van der Waals surface area contributed by atoms with Crippen LogP contribution in [0.1, 0.15) is 11.6 Å². The zero-order chi connectivity index (χ0) is 11.9. The van der Waals surface area contributed by atoms with Crippen LogP contribution in [0.3, 0.4) is 0 Å². The van der Waals surface area contributed by atoms with E-state index in [9.17, 15) is 26.3 Å². The average molecular weight is 227 g/mol. The van der Waals surface area contributed by atoms with Crippen LogP contribution in [-0.2, 0) is 12.4 Å². The maximum atomic E-state index is 12.0. The van der Waals surface area contributed by atoms with Crippen molar-refractivity contribution in [2.24, 2.45) is 0 Å². The second-order valence-electron chi connectivity index (χ2n) is 2.34. The molecular weight excluding hydrogens is 227 g/mol. The molecule has 0 bridgehead atoms. The molecule has 0 unspecified atom stereocenters. The molecule has 0 aliphatic heterocycles. The minimum Gasteiger partial charge on any atom is -0.222 e. The van der Waals surface area contributed by atoms with E-state index in [2.05, 4.69) is 15.0 Å². The monoisotopic (exact) mass is 227 g/mol. The summed E-state index contributed by atoms with van der Waals surface area (Å²) in [5, 5.41) is 0. The van der Waals surface area contributed by atoms with Crippen molar-refractivity contribution in [1.29, 1.82) is 0 Å². The largest absolute Gasteiger partial charge is 0.451 e. The van der Waals surface area contributed by atoms with Gasteiger partial charge in [0.15, 0.2) is 7.85 Å². The molecule has 0 aromatic carbocycles. The van der Waals surface area contributed by atoms with E-state index >= 15 is 0 Å². The van der Waals surface area contributed by atoms with Gasteiger partial charge in [-0.05, 0) is 0 Å². The molecule has 0 saturated heterocycles. The fourth-order valence-electron chi connectivity index (χ4n) is 0.646. The van der Waals surface area contributed by atoms with Crippen molar-refractivity contribution in [2.75, 3.05) is 0 Å². The van der Waals surface area contributed by atoms with E-state index in [0.717, 1.165) is 0 Å². The first-order chi connectivity index (χ1) is 6.60. The molecule has 10 heteroatoms. The topological polar surface area (TPSA) is 38.7 Å². The lowest BCUT2D eigenvalue weighted by Crippen LogP contribution is -2.27. The van der Waals surface area contributed by atoms with Crippen LogP contribution in [0.15, 0.2) is 0 Å². The van der Waals surface area contributed by atoms with Gasteiger partial charge in [-0.15, -0.1) is 0 Å². The molecule has 0 amide bonds. The molecule has 0 saturated carbocycles. The van der Waals surface area contributed by atoms with Gasteiger partial charge in [0.05, 0.1) is 5.72 Å². The third kappa shape index (κ3) is 2.80. The van der Waals surface area contributed by atoms with Crippen LogP contribution in [0.25, 0.3) is 0 Å². The number of halogens is 6. The number of hydrogen-bond donors (Lipinski definition) is 0. The fourth-order valence-corrected chi connectivity index (χ4v) is 0.646. The van der Waals surface area contributed by atoms with Crippen molar-refractivity contribution in [2.45, 2.75) is 12.4 Å². The number of alkyl halides is 6. The Balaban J connectivity index is 3.30. The summed E-state index contributed by atoms with van der Waals surface area (Å²) in [6, 6.07) is 0. The maximum Gasteiger partial charge on any atom is 0.451 e. The fraction of sp³-hybridized carbons (Fsp3) is 0.400. The second-order valence-corrected chi connectivity index (χ2v) is 2.34. The van der Waals surface area contributed by atoms with E-state index < -0.39 is 29.7 Å². The molecule has 0 aliphatic carbocycles. The quantitative estimate of drug-likeness (QED) is 0.483. The molecule has 15 heavy (non-hydrogen) atoms. The second kappa shape index (κ2) is 3.35. The zero-order valence-corrected chi connectivity index (χ0v) is 6.69. The third-order valence-electron chi connectivity index (χ3n) is 1.16. The summed E-state index contributed by atoms with van der Waals surface area (Å²) in [6.45, 7) is 0. The third-order valence-corrected chi connectivity index (χ3v) is 1.16. The number of aromatic nitrogens is 3. The van der Waals surface area contributed by atoms with Gasteiger partial charge in [-0.3, -0.25) is 0 Å². The van der Waals surface area contributed by atoms with Gasteiger partial charge in [0.25, 0.3) is 0 Å². The van der Waals surface area contributed by atoms with Gasteiger partial charge in [-0.1, -0.05) is 0 Å². The highest BCUT2D eigenvalue weighted by atomic mass is 19.4. The average Bonchev–Trinajstić information content (AvgIpc) is 1.99. The van der Waals surface area contributed by atoms with Crippen LogP contribution >= 0.6 is 0 Å². The molecule has 80 valence electrons. The van der Waals surface area contributed by atoms with Crippen molar-refractivity contribution in [1.82, 2.24) is 15.0 Å². The van der Waals surface area contributed by atoms with Gasteiger partial charge in [-0.25, -0.2) is 15.0 Å². The molecule has 0 atom stereocenters. The first-order valence-corrected chi connectivity index (χ1v) is 3.26. The van der Waals surface area contributed by atoms with Crippen LogP contribution in [0.4, 0.5) is 26.3 Å². The summed E-state index contributed by atoms with van der Waals surface area (Å²) in [5.41, 5.74) is -1.13. The molecule has 2 radical (unpaired) electrons. The molecule has 1 heterocycles. The predicted molar refractivity (Wildman–Crippen MR) is 35.2 cm³/mol. The zero-order valence-electron chi connectivity index (χ0n) is 6.69. The normalized spacial score (nSPS) is 12.9. The lowest BCUT2D eigenvalue weighted by atomic mass is 10.1. The lowest BCUT2D eigenvalue weighted by molar-refractivity contribution is -0.154. The minimum absolute atomic E-state index is 1.13. The SMILES string of the molecule is [B]c1nc(C(F)(F)F)nc(C(F)(F)F)n1. The number of nitrogens with zero attached hydrogens (tertiary/aromatic N) is 3. The Kier molecular flexibility index (Phi) is 2.62. The Morgan fingerprint density at radius 2 is 1.07 bits per heavy atom. The summed E-state index contributed by atoms with van der Waals surface area (Å²) >= 11 is 0. The van der Waals surface area contributed by atoms with E-state index in [1.54, 1.807) is 0 Å². The highest BCUT2D eigenvalue weighted by Gasteiger charge is 2.40. The number of rotatable bonds is 0. The van der Waals surface area contributed by atoms with E-state index in [1.165, 1.54) is 0 Å². The van der Waals surface area contributed by atoms with Gasteiger partial charge < -0.3 is 0 Å². The molecule has 1 aromatic heterocycles. The van der Waals surface area contributed by atoms with Gasteiger partial charge in [0, 0.05) is 0 Å². The summed E-state index contributed by atoms with van der Waals surface area (Å²) in [4.78, 5) is 7.32. The van der Waals surface area contributed by atoms with Gasteiger partial charge in [-0.2, -0.15) is 26.3 Å². The Morgan fingerprint density at radius 1 is 0.733 bits per heavy atom. The van der Waals surface area contributed by atoms with Crippen molar-refractivity contribution in [3.8, 4) is 0 Å². The van der Waals surface area contributed by atoms with E-state index in [-0.39, 0.29) is 0 Å². The van der Waals surface area contributed by atoms with Crippen LogP contribution in [0.5, 0.6) is 0 Å². The molecule has 0 aliphatic rings. The molecule has 0 N–H and O–H groups in total. The Morgan fingerprint density at radius 3 is 1.33 bits per heavy atom. The first-order valence-electron chi connectivity index (χ1n) is 3.26.